The van der Waals surface area contributed by atoms with E-state index in [1.807, 2.05) is 6.07 Å². The number of hydrogen-bond acceptors (Lipinski definition) is 3. The summed E-state index contributed by atoms with van der Waals surface area (Å²) in [5, 5.41) is 20.4. The molecule has 4 heteroatoms. The third-order valence-electron chi connectivity index (χ3n) is 1.77. The molecule has 0 fully saturated rings. The predicted octanol–water partition coefficient (Wildman–Crippen LogP) is -0.172. The van der Waals surface area contributed by atoms with E-state index in [2.05, 4.69) is 5.32 Å². The topological polar surface area (TPSA) is 69.6 Å². The minimum absolute atomic E-state index is 0.132. The second-order valence-electron chi connectivity index (χ2n) is 2.83. The van der Waals surface area contributed by atoms with Crippen LogP contribution < -0.4 is 5.32 Å². The molecular formula is C10H13NO3. The number of nitrogens with one attached hydrogen (secondary N) is 1. The molecule has 1 aromatic rings. The zero-order valence-corrected chi connectivity index (χ0v) is 7.68. The Bertz CT molecular complexity index is 287. The van der Waals surface area contributed by atoms with Crippen molar-refractivity contribution in [2.45, 2.75) is 6.10 Å². The van der Waals surface area contributed by atoms with Crippen molar-refractivity contribution in [2.24, 2.45) is 0 Å². The normalized spacial score (nSPS) is 12.1. The van der Waals surface area contributed by atoms with Crippen LogP contribution in [0.15, 0.2) is 30.3 Å². The molecule has 3 N–H and O–H groups in total. The molecule has 0 unspecified atom stereocenters. The first-order chi connectivity index (χ1) is 6.75. The van der Waals surface area contributed by atoms with Crippen molar-refractivity contribution in [3.63, 3.8) is 0 Å². The summed E-state index contributed by atoms with van der Waals surface area (Å²) in [6, 6.07) is 8.64. The van der Waals surface area contributed by atoms with Gasteiger partial charge in [0.15, 0.2) is 6.10 Å². The molecule has 0 heterocycles. The fraction of sp³-hybridized carbons (Fsp3) is 0.300. The van der Waals surface area contributed by atoms with Gasteiger partial charge in [-0.1, -0.05) is 30.3 Å². The van der Waals surface area contributed by atoms with E-state index in [0.717, 1.165) is 0 Å². The van der Waals surface area contributed by atoms with Crippen LogP contribution in [0.5, 0.6) is 0 Å². The van der Waals surface area contributed by atoms with Gasteiger partial charge in [-0.15, -0.1) is 0 Å². The maximum absolute atomic E-state index is 11.2. The number of carbonyl (C=O) groups is 1. The molecule has 1 amide bonds. The van der Waals surface area contributed by atoms with Gasteiger partial charge in [-0.2, -0.15) is 0 Å². The van der Waals surface area contributed by atoms with Gasteiger partial charge in [0, 0.05) is 6.54 Å². The third kappa shape index (κ3) is 2.83. The highest BCUT2D eigenvalue weighted by molar-refractivity contribution is 5.81. The van der Waals surface area contributed by atoms with Crippen molar-refractivity contribution < 1.29 is 15.0 Å². The molecule has 1 atom stereocenters. The molecule has 0 saturated carbocycles. The first-order valence-corrected chi connectivity index (χ1v) is 4.37. The van der Waals surface area contributed by atoms with E-state index in [1.54, 1.807) is 24.3 Å². The first-order valence-electron chi connectivity index (χ1n) is 4.37. The average Bonchev–Trinajstić information content (AvgIpc) is 2.26. The fourth-order valence-electron chi connectivity index (χ4n) is 1.06. The van der Waals surface area contributed by atoms with Crippen LogP contribution in [0.3, 0.4) is 0 Å². The molecule has 0 bridgehead atoms. The van der Waals surface area contributed by atoms with Gasteiger partial charge in [-0.3, -0.25) is 4.79 Å². The maximum atomic E-state index is 11.2. The average molecular weight is 195 g/mol. The minimum Gasteiger partial charge on any atom is -0.395 e. The molecule has 76 valence electrons. The Kier molecular flexibility index (Phi) is 4.10. The van der Waals surface area contributed by atoms with Crippen LogP contribution in [0.4, 0.5) is 0 Å². The van der Waals surface area contributed by atoms with E-state index in [-0.39, 0.29) is 13.2 Å². The van der Waals surface area contributed by atoms with Gasteiger partial charge in [0.05, 0.1) is 6.61 Å². The van der Waals surface area contributed by atoms with Gasteiger partial charge < -0.3 is 15.5 Å². The Morgan fingerprint density at radius 3 is 2.57 bits per heavy atom. The molecule has 0 aliphatic rings. The van der Waals surface area contributed by atoms with Crippen molar-refractivity contribution in [1.82, 2.24) is 5.32 Å². The minimum atomic E-state index is -1.16. The van der Waals surface area contributed by atoms with Crippen molar-refractivity contribution in [3.05, 3.63) is 35.9 Å². The highest BCUT2D eigenvalue weighted by atomic mass is 16.3. The van der Waals surface area contributed by atoms with Crippen molar-refractivity contribution in [2.75, 3.05) is 13.2 Å². The van der Waals surface area contributed by atoms with Crippen LogP contribution >= 0.6 is 0 Å². The molecule has 1 rings (SSSR count). The lowest BCUT2D eigenvalue weighted by molar-refractivity contribution is -0.129. The Balaban J connectivity index is 2.57. The summed E-state index contributed by atoms with van der Waals surface area (Å²) in [4.78, 5) is 11.2. The number of aliphatic hydroxyl groups excluding tert-OH is 2. The summed E-state index contributed by atoms with van der Waals surface area (Å²) < 4.78 is 0. The monoisotopic (exact) mass is 195 g/mol. The van der Waals surface area contributed by atoms with E-state index in [4.69, 9.17) is 5.11 Å². The second-order valence-corrected chi connectivity index (χ2v) is 2.83. The largest absolute Gasteiger partial charge is 0.395 e. The molecule has 0 radical (unpaired) electrons. The van der Waals surface area contributed by atoms with Crippen LogP contribution in [0, 0.1) is 0 Å². The van der Waals surface area contributed by atoms with Gasteiger partial charge in [-0.25, -0.2) is 0 Å². The lowest BCUT2D eigenvalue weighted by Gasteiger charge is -2.10. The zero-order chi connectivity index (χ0) is 10.4. The number of rotatable bonds is 4. The number of carbonyl (C=O) groups excluding carboxylic acids is 1. The Labute approximate surface area is 82.2 Å². The molecule has 0 aliphatic heterocycles. The summed E-state index contributed by atoms with van der Waals surface area (Å²) in [5.41, 5.74) is 0.544. The van der Waals surface area contributed by atoms with Crippen molar-refractivity contribution in [3.8, 4) is 0 Å². The summed E-state index contributed by atoms with van der Waals surface area (Å²) >= 11 is 0. The van der Waals surface area contributed by atoms with E-state index in [1.165, 1.54) is 0 Å². The summed E-state index contributed by atoms with van der Waals surface area (Å²) in [7, 11) is 0. The SMILES string of the molecule is O=C(NCCO)[C@H](O)c1ccccc1. The molecule has 0 spiro atoms. The maximum Gasteiger partial charge on any atom is 0.253 e. The van der Waals surface area contributed by atoms with Crippen molar-refractivity contribution in [1.29, 1.82) is 0 Å². The number of benzene rings is 1. The summed E-state index contributed by atoms with van der Waals surface area (Å²) in [5.74, 6) is -0.495. The Hall–Kier alpha value is -1.39. The highest BCUT2D eigenvalue weighted by Gasteiger charge is 2.15. The molecule has 14 heavy (non-hydrogen) atoms. The summed E-state index contributed by atoms with van der Waals surface area (Å²) in [6.07, 6.45) is -1.16. The molecule has 1 aromatic carbocycles. The smallest absolute Gasteiger partial charge is 0.253 e. The molecular weight excluding hydrogens is 182 g/mol. The third-order valence-corrected chi connectivity index (χ3v) is 1.77. The van der Waals surface area contributed by atoms with E-state index >= 15 is 0 Å². The van der Waals surface area contributed by atoms with Gasteiger partial charge in [0.2, 0.25) is 0 Å². The highest BCUT2D eigenvalue weighted by Crippen LogP contribution is 2.11. The van der Waals surface area contributed by atoms with Crippen LogP contribution in [0.25, 0.3) is 0 Å². The van der Waals surface area contributed by atoms with Crippen LogP contribution in [-0.2, 0) is 4.79 Å². The Morgan fingerprint density at radius 1 is 1.36 bits per heavy atom. The number of amides is 1. The van der Waals surface area contributed by atoms with Gasteiger partial charge in [0.1, 0.15) is 0 Å². The quantitative estimate of drug-likeness (QED) is 0.624. The molecule has 4 nitrogen and oxygen atoms in total. The summed E-state index contributed by atoms with van der Waals surface area (Å²) in [6.45, 7) is 0.0238. The Morgan fingerprint density at radius 2 is 2.00 bits per heavy atom. The predicted molar refractivity (Wildman–Crippen MR) is 51.5 cm³/mol. The second kappa shape index (κ2) is 5.36. The van der Waals surface area contributed by atoms with Gasteiger partial charge in [0.25, 0.3) is 5.91 Å². The molecule has 0 saturated heterocycles. The fourth-order valence-corrected chi connectivity index (χ4v) is 1.06. The molecule has 0 aliphatic carbocycles. The van der Waals surface area contributed by atoms with Crippen molar-refractivity contribution >= 4 is 5.91 Å². The van der Waals surface area contributed by atoms with E-state index in [0.29, 0.717) is 5.56 Å². The van der Waals surface area contributed by atoms with E-state index in [9.17, 15) is 9.90 Å². The van der Waals surface area contributed by atoms with Gasteiger partial charge >= 0.3 is 0 Å². The van der Waals surface area contributed by atoms with Crippen LogP contribution in [0.1, 0.15) is 11.7 Å². The van der Waals surface area contributed by atoms with Crippen LogP contribution in [-0.4, -0.2) is 29.3 Å². The first kappa shape index (κ1) is 10.7. The molecule has 0 aromatic heterocycles. The van der Waals surface area contributed by atoms with E-state index < -0.39 is 12.0 Å². The van der Waals surface area contributed by atoms with Crippen LogP contribution in [0.2, 0.25) is 0 Å². The standard InChI is InChI=1S/C10H13NO3/c12-7-6-11-10(14)9(13)8-4-2-1-3-5-8/h1-5,9,12-13H,6-7H2,(H,11,14)/t9-/m1/s1. The number of aliphatic hydroxyl groups is 2. The zero-order valence-electron chi connectivity index (χ0n) is 7.68. The lowest BCUT2D eigenvalue weighted by atomic mass is 10.1. The van der Waals surface area contributed by atoms with Gasteiger partial charge in [-0.05, 0) is 5.56 Å². The lowest BCUT2D eigenvalue weighted by Crippen LogP contribution is -2.31. The number of hydrogen-bond donors (Lipinski definition) is 3.